The summed E-state index contributed by atoms with van der Waals surface area (Å²) < 4.78 is 33.7. The Morgan fingerprint density at radius 2 is 1.94 bits per heavy atom. The summed E-state index contributed by atoms with van der Waals surface area (Å²) in [6.07, 6.45) is 0. The average Bonchev–Trinajstić information content (AvgIpc) is 2.28. The summed E-state index contributed by atoms with van der Waals surface area (Å²) >= 11 is 0. The van der Waals surface area contributed by atoms with Crippen LogP contribution in [0.2, 0.25) is 0 Å². The van der Waals surface area contributed by atoms with E-state index in [1.165, 1.54) is 20.3 Å². The van der Waals surface area contributed by atoms with E-state index in [1.807, 2.05) is 0 Å². The minimum Gasteiger partial charge on any atom is -0.497 e. The number of benzene rings is 1. The number of rotatable bonds is 5. The summed E-state index contributed by atoms with van der Waals surface area (Å²) in [6.45, 7) is 0.0721. The van der Waals surface area contributed by atoms with Crippen LogP contribution in [0.5, 0.6) is 11.5 Å². The quantitative estimate of drug-likeness (QED) is 0.814. The SMILES string of the molecule is COc1ccc(OC)c(S(=O)(=O)CCN)c1. The maximum atomic E-state index is 11.9. The molecule has 0 amide bonds. The smallest absolute Gasteiger partial charge is 0.183 e. The van der Waals surface area contributed by atoms with Gasteiger partial charge in [0.25, 0.3) is 0 Å². The normalized spacial score (nSPS) is 11.2. The van der Waals surface area contributed by atoms with E-state index in [-0.39, 0.29) is 17.2 Å². The van der Waals surface area contributed by atoms with Crippen LogP contribution in [0.4, 0.5) is 0 Å². The third-order valence-electron chi connectivity index (χ3n) is 2.09. The molecule has 5 nitrogen and oxygen atoms in total. The molecule has 0 heterocycles. The minimum absolute atomic E-state index is 0.0721. The summed E-state index contributed by atoms with van der Waals surface area (Å²) in [5.74, 6) is 0.655. The zero-order chi connectivity index (χ0) is 12.2. The molecule has 0 bridgehead atoms. The number of hydrogen-bond donors (Lipinski definition) is 1. The second-order valence-electron chi connectivity index (χ2n) is 3.12. The topological polar surface area (TPSA) is 78.6 Å². The van der Waals surface area contributed by atoms with E-state index in [2.05, 4.69) is 0 Å². The molecule has 0 unspecified atom stereocenters. The van der Waals surface area contributed by atoms with Crippen molar-refractivity contribution >= 4 is 9.84 Å². The van der Waals surface area contributed by atoms with Gasteiger partial charge < -0.3 is 15.2 Å². The van der Waals surface area contributed by atoms with Gasteiger partial charge in [0, 0.05) is 12.6 Å². The lowest BCUT2D eigenvalue weighted by Gasteiger charge is -2.10. The summed E-state index contributed by atoms with van der Waals surface area (Å²) in [6, 6.07) is 4.63. The van der Waals surface area contributed by atoms with Gasteiger partial charge in [0.1, 0.15) is 16.4 Å². The molecule has 0 saturated heterocycles. The molecule has 0 aliphatic rings. The van der Waals surface area contributed by atoms with Crippen LogP contribution in [-0.4, -0.2) is 34.9 Å². The molecule has 1 rings (SSSR count). The van der Waals surface area contributed by atoms with Gasteiger partial charge in [-0.1, -0.05) is 0 Å². The highest BCUT2D eigenvalue weighted by molar-refractivity contribution is 7.91. The summed E-state index contributed by atoms with van der Waals surface area (Å²) in [4.78, 5) is 0.111. The van der Waals surface area contributed by atoms with Crippen molar-refractivity contribution in [1.29, 1.82) is 0 Å². The van der Waals surface area contributed by atoms with Crippen molar-refractivity contribution in [2.45, 2.75) is 4.90 Å². The van der Waals surface area contributed by atoms with Gasteiger partial charge in [-0.25, -0.2) is 8.42 Å². The third-order valence-corrected chi connectivity index (χ3v) is 3.85. The second kappa shape index (κ2) is 5.18. The van der Waals surface area contributed by atoms with E-state index < -0.39 is 9.84 Å². The predicted molar refractivity (Wildman–Crippen MR) is 60.7 cm³/mol. The molecule has 0 radical (unpaired) electrons. The van der Waals surface area contributed by atoms with Gasteiger partial charge in [-0.15, -0.1) is 0 Å². The van der Waals surface area contributed by atoms with E-state index in [1.54, 1.807) is 12.1 Å². The van der Waals surface area contributed by atoms with Gasteiger partial charge >= 0.3 is 0 Å². The van der Waals surface area contributed by atoms with E-state index in [9.17, 15) is 8.42 Å². The zero-order valence-electron chi connectivity index (χ0n) is 9.26. The van der Waals surface area contributed by atoms with Crippen LogP contribution in [0.3, 0.4) is 0 Å². The van der Waals surface area contributed by atoms with Crippen LogP contribution in [0.1, 0.15) is 0 Å². The highest BCUT2D eigenvalue weighted by atomic mass is 32.2. The number of hydrogen-bond acceptors (Lipinski definition) is 5. The van der Waals surface area contributed by atoms with Crippen LogP contribution in [0, 0.1) is 0 Å². The summed E-state index contributed by atoms with van der Waals surface area (Å²) in [5.41, 5.74) is 5.26. The van der Waals surface area contributed by atoms with E-state index >= 15 is 0 Å². The van der Waals surface area contributed by atoms with Gasteiger partial charge in [-0.3, -0.25) is 0 Å². The fourth-order valence-corrected chi connectivity index (χ4v) is 2.58. The molecule has 90 valence electrons. The van der Waals surface area contributed by atoms with Crippen molar-refractivity contribution in [3.8, 4) is 11.5 Å². The Hall–Kier alpha value is -1.27. The van der Waals surface area contributed by atoms with Crippen molar-refractivity contribution < 1.29 is 17.9 Å². The number of methoxy groups -OCH3 is 2. The standard InChI is InChI=1S/C10H15NO4S/c1-14-8-3-4-9(15-2)10(7-8)16(12,13)6-5-11/h3-4,7H,5-6,11H2,1-2H3. The molecule has 0 aliphatic carbocycles. The molecule has 6 heteroatoms. The molecular weight excluding hydrogens is 230 g/mol. The first-order valence-electron chi connectivity index (χ1n) is 4.70. The Morgan fingerprint density at radius 3 is 2.44 bits per heavy atom. The highest BCUT2D eigenvalue weighted by Gasteiger charge is 2.19. The Kier molecular flexibility index (Phi) is 4.14. The maximum Gasteiger partial charge on any atom is 0.183 e. The van der Waals surface area contributed by atoms with Gasteiger partial charge in [-0.05, 0) is 12.1 Å². The van der Waals surface area contributed by atoms with Crippen LogP contribution < -0.4 is 15.2 Å². The number of sulfone groups is 1. The molecule has 0 atom stereocenters. The van der Waals surface area contributed by atoms with Gasteiger partial charge in [0.2, 0.25) is 0 Å². The molecule has 0 spiro atoms. The van der Waals surface area contributed by atoms with Crippen molar-refractivity contribution in [3.63, 3.8) is 0 Å². The molecule has 1 aromatic carbocycles. The fourth-order valence-electron chi connectivity index (χ4n) is 1.29. The van der Waals surface area contributed by atoms with E-state index in [4.69, 9.17) is 15.2 Å². The first-order valence-corrected chi connectivity index (χ1v) is 6.35. The monoisotopic (exact) mass is 245 g/mol. The lowest BCUT2D eigenvalue weighted by molar-refractivity contribution is 0.392. The average molecular weight is 245 g/mol. The third kappa shape index (κ3) is 2.65. The van der Waals surface area contributed by atoms with E-state index in [0.29, 0.717) is 11.5 Å². The molecule has 0 fully saturated rings. The summed E-state index contributed by atoms with van der Waals surface area (Å²) in [5, 5.41) is 0. The molecule has 16 heavy (non-hydrogen) atoms. The zero-order valence-corrected chi connectivity index (χ0v) is 10.1. The Labute approximate surface area is 95.1 Å². The lowest BCUT2D eigenvalue weighted by Crippen LogP contribution is -2.16. The fraction of sp³-hybridized carbons (Fsp3) is 0.400. The maximum absolute atomic E-state index is 11.9. The lowest BCUT2D eigenvalue weighted by atomic mass is 10.3. The highest BCUT2D eigenvalue weighted by Crippen LogP contribution is 2.28. The van der Waals surface area contributed by atoms with E-state index in [0.717, 1.165) is 0 Å². The summed E-state index contributed by atoms with van der Waals surface area (Å²) in [7, 11) is -0.522. The molecule has 1 aromatic rings. The Morgan fingerprint density at radius 1 is 1.25 bits per heavy atom. The van der Waals surface area contributed by atoms with Crippen LogP contribution >= 0.6 is 0 Å². The molecule has 0 aromatic heterocycles. The van der Waals surface area contributed by atoms with Crippen LogP contribution in [-0.2, 0) is 9.84 Å². The minimum atomic E-state index is -3.42. The molecular formula is C10H15NO4S. The van der Waals surface area contributed by atoms with Crippen molar-refractivity contribution in [1.82, 2.24) is 0 Å². The molecule has 0 aliphatic heterocycles. The second-order valence-corrected chi connectivity index (χ2v) is 5.20. The molecule has 2 N–H and O–H groups in total. The molecule has 0 saturated carbocycles. The number of nitrogens with two attached hydrogens (primary N) is 1. The van der Waals surface area contributed by atoms with Crippen molar-refractivity contribution in [3.05, 3.63) is 18.2 Å². The Balaban J connectivity index is 3.29. The van der Waals surface area contributed by atoms with Crippen LogP contribution in [0.15, 0.2) is 23.1 Å². The van der Waals surface area contributed by atoms with Crippen molar-refractivity contribution in [2.24, 2.45) is 5.73 Å². The van der Waals surface area contributed by atoms with Crippen molar-refractivity contribution in [2.75, 3.05) is 26.5 Å². The Bertz CT molecular complexity index is 456. The first-order chi connectivity index (χ1) is 7.55. The number of ether oxygens (including phenoxy) is 2. The van der Waals surface area contributed by atoms with Gasteiger partial charge in [0.15, 0.2) is 9.84 Å². The largest absolute Gasteiger partial charge is 0.497 e. The van der Waals surface area contributed by atoms with Crippen LogP contribution in [0.25, 0.3) is 0 Å². The van der Waals surface area contributed by atoms with Gasteiger partial charge in [0.05, 0.1) is 20.0 Å². The predicted octanol–water partition coefficient (Wildman–Crippen LogP) is 0.436. The van der Waals surface area contributed by atoms with Gasteiger partial charge in [-0.2, -0.15) is 0 Å². The first kappa shape index (κ1) is 12.8.